The minimum atomic E-state index is -0.649. The Morgan fingerprint density at radius 3 is 2.48 bits per heavy atom. The molecular weight excluding hydrogens is 270 g/mol. The maximum atomic E-state index is 11.7. The third kappa shape index (κ3) is 4.84. The van der Waals surface area contributed by atoms with E-state index in [9.17, 15) is 4.79 Å². The van der Waals surface area contributed by atoms with Crippen molar-refractivity contribution in [1.82, 2.24) is 0 Å². The largest absolute Gasteiger partial charge is 0.494 e. The van der Waals surface area contributed by atoms with Gasteiger partial charge < -0.3 is 14.2 Å². The summed E-state index contributed by atoms with van der Waals surface area (Å²) in [5.74, 6) is 0.579. The molecule has 0 bridgehead atoms. The van der Waals surface area contributed by atoms with Crippen LogP contribution in [0.25, 0.3) is 6.08 Å². The summed E-state index contributed by atoms with van der Waals surface area (Å²) in [4.78, 5) is 11.7. The van der Waals surface area contributed by atoms with Crippen molar-refractivity contribution in [3.05, 3.63) is 29.3 Å². The Morgan fingerprint density at radius 2 is 1.90 bits per heavy atom. The predicted molar refractivity (Wildman–Crippen MR) is 79.0 cm³/mol. The van der Waals surface area contributed by atoms with Crippen molar-refractivity contribution < 1.29 is 19.0 Å². The molecule has 0 unspecified atom stereocenters. The average molecular weight is 289 g/mol. The fourth-order valence-electron chi connectivity index (χ4n) is 1.68. The molecule has 112 valence electrons. The van der Waals surface area contributed by atoms with E-state index in [4.69, 9.17) is 19.5 Å². The molecule has 1 aromatic rings. The minimum Gasteiger partial charge on any atom is -0.494 e. The molecule has 1 aromatic carbocycles. The molecule has 0 atom stereocenters. The molecule has 0 radical (unpaired) electrons. The molecule has 5 heteroatoms. The van der Waals surface area contributed by atoms with Gasteiger partial charge in [-0.1, -0.05) is 0 Å². The van der Waals surface area contributed by atoms with Gasteiger partial charge in [-0.15, -0.1) is 0 Å². The number of ether oxygens (including phenoxy) is 3. The van der Waals surface area contributed by atoms with Crippen molar-refractivity contribution in [1.29, 1.82) is 5.26 Å². The van der Waals surface area contributed by atoms with Gasteiger partial charge in [-0.3, -0.25) is 0 Å². The molecule has 0 spiro atoms. The van der Waals surface area contributed by atoms with E-state index >= 15 is 0 Å². The number of nitriles is 1. The first-order valence-electron chi connectivity index (χ1n) is 6.84. The number of nitrogens with zero attached hydrogens (tertiary/aromatic N) is 1. The molecule has 5 nitrogen and oxygen atoms in total. The van der Waals surface area contributed by atoms with Gasteiger partial charge in [0.05, 0.1) is 19.8 Å². The normalized spacial score (nSPS) is 10.7. The van der Waals surface area contributed by atoms with Gasteiger partial charge in [0.1, 0.15) is 23.1 Å². The molecule has 0 aliphatic heterocycles. The molecule has 0 saturated heterocycles. The molecule has 0 fully saturated rings. The maximum Gasteiger partial charge on any atom is 0.348 e. The molecule has 0 amide bonds. The van der Waals surface area contributed by atoms with Crippen molar-refractivity contribution >= 4 is 12.0 Å². The lowest BCUT2D eigenvalue weighted by Gasteiger charge is -2.10. The Kier molecular flexibility index (Phi) is 6.82. The van der Waals surface area contributed by atoms with Gasteiger partial charge in [-0.05, 0) is 45.0 Å². The van der Waals surface area contributed by atoms with E-state index in [2.05, 4.69) is 0 Å². The number of carbonyl (C=O) groups excluding carboxylic acids is 1. The minimum absolute atomic E-state index is 0.0774. The highest BCUT2D eigenvalue weighted by molar-refractivity contribution is 5.98. The summed E-state index contributed by atoms with van der Waals surface area (Å²) in [6.07, 6.45) is 1.45. The van der Waals surface area contributed by atoms with Crippen LogP contribution in [-0.2, 0) is 9.53 Å². The number of esters is 1. The van der Waals surface area contributed by atoms with Crippen LogP contribution >= 0.6 is 0 Å². The van der Waals surface area contributed by atoms with Crippen LogP contribution in [0.15, 0.2) is 23.8 Å². The zero-order valence-electron chi connectivity index (χ0n) is 12.5. The summed E-state index contributed by atoms with van der Waals surface area (Å²) >= 11 is 0. The van der Waals surface area contributed by atoms with Gasteiger partial charge >= 0.3 is 5.97 Å². The highest BCUT2D eigenvalue weighted by Gasteiger charge is 2.12. The highest BCUT2D eigenvalue weighted by Crippen LogP contribution is 2.27. The van der Waals surface area contributed by atoms with Gasteiger partial charge in [0.15, 0.2) is 0 Å². The zero-order chi connectivity index (χ0) is 15.7. The molecule has 0 heterocycles. The van der Waals surface area contributed by atoms with E-state index in [1.807, 2.05) is 19.9 Å². The molecule has 21 heavy (non-hydrogen) atoms. The van der Waals surface area contributed by atoms with Crippen LogP contribution in [0.3, 0.4) is 0 Å². The summed E-state index contributed by atoms with van der Waals surface area (Å²) in [6.45, 7) is 6.66. The molecule has 0 aliphatic rings. The average Bonchev–Trinajstić information content (AvgIpc) is 2.47. The number of carbonyl (C=O) groups is 1. The van der Waals surface area contributed by atoms with Crippen LogP contribution in [0.1, 0.15) is 26.3 Å². The van der Waals surface area contributed by atoms with Gasteiger partial charge in [0.25, 0.3) is 0 Å². The smallest absolute Gasteiger partial charge is 0.348 e. The first-order chi connectivity index (χ1) is 10.2. The van der Waals surface area contributed by atoms with Gasteiger partial charge in [-0.2, -0.15) is 5.26 Å². The third-order valence-corrected chi connectivity index (χ3v) is 2.51. The Balaban J connectivity index is 3.20. The third-order valence-electron chi connectivity index (χ3n) is 2.51. The van der Waals surface area contributed by atoms with E-state index in [1.165, 1.54) is 6.08 Å². The molecule has 0 aliphatic carbocycles. The van der Waals surface area contributed by atoms with Gasteiger partial charge in [0, 0.05) is 5.56 Å². The van der Waals surface area contributed by atoms with Crippen LogP contribution in [0.2, 0.25) is 0 Å². The number of rotatable bonds is 7. The van der Waals surface area contributed by atoms with Gasteiger partial charge in [-0.25, -0.2) is 4.79 Å². The fraction of sp³-hybridized carbons (Fsp3) is 0.375. The second-order valence-electron chi connectivity index (χ2n) is 3.96. The maximum absolute atomic E-state index is 11.7. The van der Waals surface area contributed by atoms with Crippen LogP contribution in [0.5, 0.6) is 11.5 Å². The molecule has 1 rings (SSSR count). The fourth-order valence-corrected chi connectivity index (χ4v) is 1.68. The van der Waals surface area contributed by atoms with Crippen molar-refractivity contribution in [3.8, 4) is 17.6 Å². The topological polar surface area (TPSA) is 68.6 Å². The highest BCUT2D eigenvalue weighted by atomic mass is 16.5. The Morgan fingerprint density at radius 1 is 1.19 bits per heavy atom. The SMILES string of the molecule is CCOC(=O)C(C#N)=Cc1cc(OCC)ccc1OCC. The molecule has 0 N–H and O–H groups in total. The Hall–Kier alpha value is -2.48. The summed E-state index contributed by atoms with van der Waals surface area (Å²) in [6, 6.07) is 7.10. The lowest BCUT2D eigenvalue weighted by Crippen LogP contribution is -2.06. The van der Waals surface area contributed by atoms with E-state index in [0.717, 1.165) is 0 Å². The van der Waals surface area contributed by atoms with E-state index in [1.54, 1.807) is 25.1 Å². The second kappa shape index (κ2) is 8.64. The van der Waals surface area contributed by atoms with Crippen LogP contribution < -0.4 is 9.47 Å². The summed E-state index contributed by atoms with van der Waals surface area (Å²) in [5.41, 5.74) is 0.527. The molecule has 0 aromatic heterocycles. The van der Waals surface area contributed by atoms with E-state index in [-0.39, 0.29) is 12.2 Å². The first-order valence-corrected chi connectivity index (χ1v) is 6.84. The predicted octanol–water partition coefficient (Wildman–Crippen LogP) is 2.95. The monoisotopic (exact) mass is 289 g/mol. The van der Waals surface area contributed by atoms with Crippen molar-refractivity contribution in [3.63, 3.8) is 0 Å². The number of hydrogen-bond acceptors (Lipinski definition) is 5. The zero-order valence-corrected chi connectivity index (χ0v) is 12.5. The van der Waals surface area contributed by atoms with Gasteiger partial charge in [0.2, 0.25) is 0 Å². The van der Waals surface area contributed by atoms with E-state index in [0.29, 0.717) is 30.3 Å². The first kappa shape index (κ1) is 16.6. The molecular formula is C16H19NO4. The summed E-state index contributed by atoms with van der Waals surface area (Å²) in [7, 11) is 0. The van der Waals surface area contributed by atoms with Crippen molar-refractivity contribution in [2.24, 2.45) is 0 Å². The summed E-state index contributed by atoms with van der Waals surface area (Å²) < 4.78 is 15.8. The van der Waals surface area contributed by atoms with E-state index < -0.39 is 5.97 Å². The quantitative estimate of drug-likeness (QED) is 0.438. The Bertz CT molecular complexity index is 558. The number of benzene rings is 1. The second-order valence-corrected chi connectivity index (χ2v) is 3.96. The molecule has 0 saturated carbocycles. The lowest BCUT2D eigenvalue weighted by molar-refractivity contribution is -0.137. The summed E-state index contributed by atoms with van der Waals surface area (Å²) in [5, 5.41) is 9.09. The standard InChI is InChI=1S/C16H19NO4/c1-4-19-14-7-8-15(20-5-2)12(10-14)9-13(11-17)16(18)21-6-3/h7-10H,4-6H2,1-3H3. The van der Waals surface area contributed by atoms with Crippen LogP contribution in [0, 0.1) is 11.3 Å². The Labute approximate surface area is 124 Å². The van der Waals surface area contributed by atoms with Crippen LogP contribution in [-0.4, -0.2) is 25.8 Å². The number of hydrogen-bond donors (Lipinski definition) is 0. The van der Waals surface area contributed by atoms with Crippen molar-refractivity contribution in [2.45, 2.75) is 20.8 Å². The lowest BCUT2D eigenvalue weighted by atomic mass is 10.1. The van der Waals surface area contributed by atoms with Crippen LogP contribution in [0.4, 0.5) is 0 Å². The van der Waals surface area contributed by atoms with Crippen molar-refractivity contribution in [2.75, 3.05) is 19.8 Å².